The van der Waals surface area contributed by atoms with E-state index in [2.05, 4.69) is 0 Å². The zero-order chi connectivity index (χ0) is 14.4. The second kappa shape index (κ2) is 6.75. The van der Waals surface area contributed by atoms with Crippen LogP contribution in [-0.4, -0.2) is 24.1 Å². The third-order valence-electron chi connectivity index (χ3n) is 3.20. The van der Waals surface area contributed by atoms with Crippen molar-refractivity contribution < 1.29 is 9.48 Å². The van der Waals surface area contributed by atoms with E-state index in [4.69, 9.17) is 4.74 Å². The zero-order valence-electron chi connectivity index (χ0n) is 11.8. The van der Waals surface area contributed by atoms with Gasteiger partial charge >= 0.3 is 0 Å². The molecule has 0 aliphatic heterocycles. The van der Waals surface area contributed by atoms with Crippen molar-refractivity contribution >= 4 is 6.21 Å². The molecule has 0 heterocycles. The molecule has 0 saturated heterocycles. The molecule has 0 fully saturated rings. The van der Waals surface area contributed by atoms with Gasteiger partial charge in [0, 0.05) is 12.0 Å². The van der Waals surface area contributed by atoms with Crippen LogP contribution in [0.4, 0.5) is 0 Å². The fourth-order valence-corrected chi connectivity index (χ4v) is 2.01. The Kier molecular flexibility index (Phi) is 4.77. The van der Waals surface area contributed by atoms with Crippen molar-refractivity contribution in [2.45, 2.75) is 19.4 Å². The number of hydroxylamine groups is 1. The van der Waals surface area contributed by atoms with Crippen LogP contribution in [0.1, 0.15) is 18.1 Å². The third-order valence-corrected chi connectivity index (χ3v) is 3.20. The highest BCUT2D eigenvalue weighted by Gasteiger charge is 2.10. The number of nitrogens with zero attached hydrogens (tertiary/aromatic N) is 1. The average molecular weight is 269 g/mol. The highest BCUT2D eigenvalue weighted by molar-refractivity contribution is 5.75. The van der Waals surface area contributed by atoms with Gasteiger partial charge < -0.3 is 9.94 Å². The van der Waals surface area contributed by atoms with Crippen LogP contribution in [0.15, 0.2) is 54.6 Å². The summed E-state index contributed by atoms with van der Waals surface area (Å²) in [6, 6.07) is 17.4. The quantitative estimate of drug-likeness (QED) is 0.361. The van der Waals surface area contributed by atoms with Crippen molar-refractivity contribution in [2.75, 3.05) is 7.11 Å². The summed E-state index contributed by atoms with van der Waals surface area (Å²) in [5, 5.41) is 12.1. The Morgan fingerprint density at radius 2 is 1.75 bits per heavy atom. The van der Waals surface area contributed by atoms with E-state index < -0.39 is 0 Å². The Hall–Kier alpha value is -2.29. The van der Waals surface area contributed by atoms with Crippen LogP contribution in [0.5, 0.6) is 5.75 Å². The molecule has 2 aromatic rings. The van der Waals surface area contributed by atoms with Crippen LogP contribution < -0.4 is 4.74 Å². The lowest BCUT2D eigenvalue weighted by molar-refractivity contribution is -0.491. The minimum Gasteiger partial charge on any atom is -0.624 e. The molecular formula is C17H19NO2. The minimum atomic E-state index is -0.0977. The maximum Gasteiger partial charge on any atom is 0.182 e. The average Bonchev–Trinajstić information content (AvgIpc) is 2.49. The first-order chi connectivity index (χ1) is 9.69. The lowest BCUT2D eigenvalue weighted by atomic mass is 10.1. The van der Waals surface area contributed by atoms with Crippen LogP contribution in [0.25, 0.3) is 0 Å². The van der Waals surface area contributed by atoms with E-state index in [0.717, 1.165) is 22.5 Å². The predicted octanol–water partition coefficient (Wildman–Crippen LogP) is 3.26. The van der Waals surface area contributed by atoms with Gasteiger partial charge in [-0.15, -0.1) is 0 Å². The summed E-state index contributed by atoms with van der Waals surface area (Å²) >= 11 is 0. The number of hydrogen-bond acceptors (Lipinski definition) is 2. The van der Waals surface area contributed by atoms with Crippen molar-refractivity contribution in [3.05, 3.63) is 70.9 Å². The first-order valence-corrected chi connectivity index (χ1v) is 6.67. The molecule has 3 nitrogen and oxygen atoms in total. The van der Waals surface area contributed by atoms with E-state index >= 15 is 0 Å². The van der Waals surface area contributed by atoms with Crippen LogP contribution in [0, 0.1) is 5.21 Å². The highest BCUT2D eigenvalue weighted by atomic mass is 16.5. The number of rotatable bonds is 5. The largest absolute Gasteiger partial charge is 0.624 e. The normalized spacial score (nSPS) is 13.0. The smallest absolute Gasteiger partial charge is 0.182 e. The van der Waals surface area contributed by atoms with Gasteiger partial charge in [0.05, 0.1) is 7.11 Å². The maximum absolute atomic E-state index is 12.1. The van der Waals surface area contributed by atoms with E-state index in [0.29, 0.717) is 0 Å². The summed E-state index contributed by atoms with van der Waals surface area (Å²) in [5.41, 5.74) is 2.05. The Morgan fingerprint density at radius 3 is 2.35 bits per heavy atom. The van der Waals surface area contributed by atoms with Gasteiger partial charge in [-0.05, 0) is 36.8 Å². The van der Waals surface area contributed by atoms with E-state index in [9.17, 15) is 5.21 Å². The van der Waals surface area contributed by atoms with Crippen LogP contribution in [0.3, 0.4) is 0 Å². The summed E-state index contributed by atoms with van der Waals surface area (Å²) < 4.78 is 6.10. The van der Waals surface area contributed by atoms with Crippen molar-refractivity contribution in [2.24, 2.45) is 0 Å². The summed E-state index contributed by atoms with van der Waals surface area (Å²) in [7, 11) is 1.63. The van der Waals surface area contributed by atoms with Crippen molar-refractivity contribution in [3.8, 4) is 5.75 Å². The Bertz CT molecular complexity index is 561. The number of ether oxygens (including phenoxy) is 1. The minimum absolute atomic E-state index is 0.0977. The topological polar surface area (TPSA) is 35.3 Å². The molecule has 0 spiro atoms. The van der Waals surface area contributed by atoms with E-state index in [-0.39, 0.29) is 6.04 Å². The first-order valence-electron chi connectivity index (χ1n) is 6.67. The summed E-state index contributed by atoms with van der Waals surface area (Å²) in [5.74, 6) is 0.789. The van der Waals surface area contributed by atoms with E-state index in [1.165, 1.54) is 5.56 Å². The van der Waals surface area contributed by atoms with Crippen molar-refractivity contribution in [1.82, 2.24) is 0 Å². The monoisotopic (exact) mass is 269 g/mol. The molecule has 2 rings (SSSR count). The van der Waals surface area contributed by atoms with Gasteiger partial charge in [-0.1, -0.05) is 30.3 Å². The van der Waals surface area contributed by atoms with E-state index in [1.54, 1.807) is 13.3 Å². The molecule has 0 aromatic heterocycles. The van der Waals surface area contributed by atoms with Crippen LogP contribution >= 0.6 is 0 Å². The molecule has 0 N–H and O–H groups in total. The first kappa shape index (κ1) is 14.1. The van der Waals surface area contributed by atoms with Gasteiger partial charge in [0.15, 0.2) is 12.3 Å². The zero-order valence-corrected chi connectivity index (χ0v) is 11.8. The lowest BCUT2D eigenvalue weighted by Crippen LogP contribution is -2.21. The van der Waals surface area contributed by atoms with Gasteiger partial charge in [-0.3, -0.25) is 0 Å². The van der Waals surface area contributed by atoms with Gasteiger partial charge in [0.2, 0.25) is 0 Å². The van der Waals surface area contributed by atoms with Gasteiger partial charge in [-0.2, -0.15) is 0 Å². The Balaban J connectivity index is 2.05. The molecule has 0 saturated carbocycles. The number of benzene rings is 2. The van der Waals surface area contributed by atoms with Crippen molar-refractivity contribution in [1.29, 1.82) is 0 Å². The standard InChI is InChI=1S/C17H19NO2/c1-14(12-15-6-4-3-5-7-15)18(19)13-16-8-10-17(20-2)11-9-16/h3-11,13-14H,12H2,1-2H3/b18-13+. The predicted molar refractivity (Wildman–Crippen MR) is 81.4 cm³/mol. The summed E-state index contributed by atoms with van der Waals surface area (Å²) in [6.07, 6.45) is 2.35. The molecule has 1 unspecified atom stereocenters. The molecule has 104 valence electrons. The molecule has 1 atom stereocenters. The number of methoxy groups -OCH3 is 1. The van der Waals surface area contributed by atoms with Gasteiger partial charge in [-0.25, -0.2) is 4.74 Å². The fourth-order valence-electron chi connectivity index (χ4n) is 2.01. The maximum atomic E-state index is 12.1. The SMILES string of the molecule is COc1ccc(/C=[N+](/[O-])C(C)Cc2ccccc2)cc1. The number of hydrogen-bond donors (Lipinski definition) is 0. The Morgan fingerprint density at radius 1 is 1.10 bits per heavy atom. The van der Waals surface area contributed by atoms with Gasteiger partial charge in [0.25, 0.3) is 0 Å². The highest BCUT2D eigenvalue weighted by Crippen LogP contribution is 2.10. The third kappa shape index (κ3) is 3.85. The molecular weight excluding hydrogens is 250 g/mol. The van der Waals surface area contributed by atoms with Gasteiger partial charge in [0.1, 0.15) is 5.75 Å². The van der Waals surface area contributed by atoms with E-state index in [1.807, 2.05) is 61.5 Å². The molecule has 3 heteroatoms. The summed E-state index contributed by atoms with van der Waals surface area (Å²) in [4.78, 5) is 0. The molecule has 0 aliphatic carbocycles. The second-order valence-electron chi connectivity index (χ2n) is 4.80. The molecule has 0 aliphatic rings. The molecule has 2 aromatic carbocycles. The molecule has 0 amide bonds. The lowest BCUT2D eigenvalue weighted by Gasteiger charge is -2.12. The Labute approximate surface area is 119 Å². The summed E-state index contributed by atoms with van der Waals surface area (Å²) in [6.45, 7) is 1.93. The van der Waals surface area contributed by atoms with Crippen molar-refractivity contribution in [3.63, 3.8) is 0 Å². The van der Waals surface area contributed by atoms with Crippen LogP contribution in [0.2, 0.25) is 0 Å². The second-order valence-corrected chi connectivity index (χ2v) is 4.80. The molecule has 20 heavy (non-hydrogen) atoms. The molecule has 0 bridgehead atoms. The molecule has 0 radical (unpaired) electrons. The fraction of sp³-hybridized carbons (Fsp3) is 0.235. The van der Waals surface area contributed by atoms with Crippen LogP contribution in [-0.2, 0) is 6.42 Å².